The molecular formula is C16H18ClF2NOS. The Morgan fingerprint density at radius 3 is 2.23 bits per heavy atom. The standard InChI is InChI=1S/C16H17F2NOS.ClH/c17-12-6-11(7-13(18)9-12)8-15(19)16(20)10-21-14-4-2-1-3-5-14;/h1-7,9,15-16,20H,8,10,19H2;1H. The molecule has 0 bridgehead atoms. The van der Waals surface area contributed by atoms with Crippen molar-refractivity contribution in [2.45, 2.75) is 23.5 Å². The molecule has 0 saturated carbocycles. The summed E-state index contributed by atoms with van der Waals surface area (Å²) < 4.78 is 26.2. The molecule has 0 aliphatic rings. The van der Waals surface area contributed by atoms with Gasteiger partial charge in [-0.3, -0.25) is 0 Å². The van der Waals surface area contributed by atoms with E-state index in [1.807, 2.05) is 30.3 Å². The fraction of sp³-hybridized carbons (Fsp3) is 0.250. The molecule has 2 unspecified atom stereocenters. The Morgan fingerprint density at radius 2 is 1.64 bits per heavy atom. The molecule has 0 aliphatic carbocycles. The smallest absolute Gasteiger partial charge is 0.126 e. The number of thioether (sulfide) groups is 1. The van der Waals surface area contributed by atoms with Crippen LogP contribution >= 0.6 is 24.2 Å². The Hall–Kier alpha value is -1.14. The van der Waals surface area contributed by atoms with E-state index in [1.54, 1.807) is 0 Å². The van der Waals surface area contributed by atoms with Crippen molar-refractivity contribution in [2.24, 2.45) is 5.73 Å². The summed E-state index contributed by atoms with van der Waals surface area (Å²) in [7, 11) is 0. The average molecular weight is 346 g/mol. The van der Waals surface area contributed by atoms with E-state index in [0.29, 0.717) is 11.3 Å². The maximum atomic E-state index is 13.1. The van der Waals surface area contributed by atoms with Gasteiger partial charge in [0.05, 0.1) is 6.10 Å². The first-order valence-corrected chi connectivity index (χ1v) is 7.59. The van der Waals surface area contributed by atoms with Crippen LogP contribution in [0, 0.1) is 11.6 Å². The minimum atomic E-state index is -0.749. The normalized spacial score (nSPS) is 13.3. The van der Waals surface area contributed by atoms with E-state index >= 15 is 0 Å². The highest BCUT2D eigenvalue weighted by Crippen LogP contribution is 2.19. The van der Waals surface area contributed by atoms with Crippen LogP contribution in [0.4, 0.5) is 8.78 Å². The molecule has 0 aromatic heterocycles. The van der Waals surface area contributed by atoms with Crippen LogP contribution in [0.25, 0.3) is 0 Å². The van der Waals surface area contributed by atoms with E-state index in [9.17, 15) is 13.9 Å². The van der Waals surface area contributed by atoms with Gasteiger partial charge in [-0.1, -0.05) is 18.2 Å². The van der Waals surface area contributed by atoms with Gasteiger partial charge in [-0.15, -0.1) is 24.2 Å². The molecule has 22 heavy (non-hydrogen) atoms. The summed E-state index contributed by atoms with van der Waals surface area (Å²) in [4.78, 5) is 1.04. The highest BCUT2D eigenvalue weighted by atomic mass is 35.5. The molecule has 0 radical (unpaired) electrons. The van der Waals surface area contributed by atoms with Crippen molar-refractivity contribution in [3.05, 3.63) is 65.7 Å². The van der Waals surface area contributed by atoms with Crippen molar-refractivity contribution in [1.82, 2.24) is 0 Å². The molecule has 0 amide bonds. The lowest BCUT2D eigenvalue weighted by Crippen LogP contribution is -2.38. The molecule has 0 spiro atoms. The van der Waals surface area contributed by atoms with E-state index < -0.39 is 23.8 Å². The second-order valence-electron chi connectivity index (χ2n) is 4.84. The van der Waals surface area contributed by atoms with Gasteiger partial charge in [0.2, 0.25) is 0 Å². The van der Waals surface area contributed by atoms with Crippen LogP contribution in [-0.2, 0) is 6.42 Å². The number of aliphatic hydroxyl groups excluding tert-OH is 1. The predicted molar refractivity (Wildman–Crippen MR) is 88.5 cm³/mol. The molecule has 2 nitrogen and oxygen atoms in total. The molecule has 120 valence electrons. The fourth-order valence-corrected chi connectivity index (χ4v) is 2.92. The van der Waals surface area contributed by atoms with Gasteiger partial charge in [-0.2, -0.15) is 0 Å². The van der Waals surface area contributed by atoms with Crippen LogP contribution in [0.1, 0.15) is 5.56 Å². The number of benzene rings is 2. The lowest BCUT2D eigenvalue weighted by molar-refractivity contribution is 0.167. The first-order chi connectivity index (χ1) is 10.0. The van der Waals surface area contributed by atoms with Crippen LogP contribution in [0.3, 0.4) is 0 Å². The Balaban J connectivity index is 0.00000242. The molecule has 0 heterocycles. The lowest BCUT2D eigenvalue weighted by atomic mass is 10.0. The molecule has 2 atom stereocenters. The Kier molecular flexibility index (Phi) is 7.82. The number of rotatable bonds is 6. The van der Waals surface area contributed by atoms with E-state index in [0.717, 1.165) is 11.0 Å². The van der Waals surface area contributed by atoms with Crippen molar-refractivity contribution in [2.75, 3.05) is 5.75 Å². The Morgan fingerprint density at radius 1 is 1.05 bits per heavy atom. The third-order valence-electron chi connectivity index (χ3n) is 3.05. The van der Waals surface area contributed by atoms with Gasteiger partial charge in [0.1, 0.15) is 11.6 Å². The minimum absolute atomic E-state index is 0. The summed E-state index contributed by atoms with van der Waals surface area (Å²) >= 11 is 1.50. The van der Waals surface area contributed by atoms with Gasteiger partial charge in [0.25, 0.3) is 0 Å². The number of hydrogen-bond acceptors (Lipinski definition) is 3. The second kappa shape index (κ2) is 9.10. The zero-order chi connectivity index (χ0) is 15.2. The third kappa shape index (κ3) is 5.93. The number of hydrogen-bond donors (Lipinski definition) is 2. The van der Waals surface area contributed by atoms with Crippen molar-refractivity contribution in [3.8, 4) is 0 Å². The quantitative estimate of drug-likeness (QED) is 0.789. The van der Waals surface area contributed by atoms with E-state index in [4.69, 9.17) is 5.73 Å². The van der Waals surface area contributed by atoms with Crippen LogP contribution in [0.5, 0.6) is 0 Å². The molecular weight excluding hydrogens is 328 g/mol. The minimum Gasteiger partial charge on any atom is -0.391 e. The number of halogens is 3. The SMILES string of the molecule is Cl.NC(Cc1cc(F)cc(F)c1)C(O)CSc1ccccc1. The molecule has 0 saturated heterocycles. The Bertz CT molecular complexity index is 565. The number of aliphatic hydroxyl groups is 1. The van der Waals surface area contributed by atoms with Gasteiger partial charge in [0, 0.05) is 22.8 Å². The highest BCUT2D eigenvalue weighted by molar-refractivity contribution is 7.99. The van der Waals surface area contributed by atoms with Crippen molar-refractivity contribution < 1.29 is 13.9 Å². The zero-order valence-electron chi connectivity index (χ0n) is 11.8. The summed E-state index contributed by atoms with van der Waals surface area (Å²) in [5.74, 6) is -0.834. The van der Waals surface area contributed by atoms with Crippen molar-refractivity contribution >= 4 is 24.2 Å². The van der Waals surface area contributed by atoms with E-state index in [-0.39, 0.29) is 18.8 Å². The van der Waals surface area contributed by atoms with Gasteiger partial charge >= 0.3 is 0 Å². The van der Waals surface area contributed by atoms with Crippen LogP contribution in [0.15, 0.2) is 53.4 Å². The summed E-state index contributed by atoms with van der Waals surface area (Å²) in [6.45, 7) is 0. The van der Waals surface area contributed by atoms with Crippen molar-refractivity contribution in [1.29, 1.82) is 0 Å². The highest BCUT2D eigenvalue weighted by Gasteiger charge is 2.16. The fourth-order valence-electron chi connectivity index (χ4n) is 1.96. The topological polar surface area (TPSA) is 46.2 Å². The maximum absolute atomic E-state index is 13.1. The first kappa shape index (κ1) is 18.9. The second-order valence-corrected chi connectivity index (χ2v) is 5.93. The van der Waals surface area contributed by atoms with Gasteiger partial charge in [-0.25, -0.2) is 8.78 Å². The molecule has 6 heteroatoms. The summed E-state index contributed by atoms with van der Waals surface area (Å²) in [6, 6.07) is 12.4. The summed E-state index contributed by atoms with van der Waals surface area (Å²) in [5.41, 5.74) is 6.35. The van der Waals surface area contributed by atoms with Crippen molar-refractivity contribution in [3.63, 3.8) is 0 Å². The lowest BCUT2D eigenvalue weighted by Gasteiger charge is -2.18. The van der Waals surface area contributed by atoms with E-state index in [1.165, 1.54) is 23.9 Å². The monoisotopic (exact) mass is 345 g/mol. The molecule has 0 aliphatic heterocycles. The summed E-state index contributed by atoms with van der Waals surface area (Å²) in [6.07, 6.45) is -0.521. The van der Waals surface area contributed by atoms with Gasteiger partial charge in [-0.05, 0) is 36.2 Å². The average Bonchev–Trinajstić information content (AvgIpc) is 2.44. The van der Waals surface area contributed by atoms with Crippen LogP contribution in [0.2, 0.25) is 0 Å². The first-order valence-electron chi connectivity index (χ1n) is 6.61. The molecule has 3 N–H and O–H groups in total. The van der Waals surface area contributed by atoms with Crippen LogP contribution in [-0.4, -0.2) is 23.0 Å². The summed E-state index contributed by atoms with van der Waals surface area (Å²) in [5, 5.41) is 10.0. The zero-order valence-corrected chi connectivity index (χ0v) is 13.4. The largest absolute Gasteiger partial charge is 0.391 e. The van der Waals surface area contributed by atoms with Gasteiger partial charge < -0.3 is 10.8 Å². The Labute approximate surface area is 139 Å². The number of nitrogens with two attached hydrogens (primary N) is 1. The predicted octanol–water partition coefficient (Wildman–Crippen LogP) is 3.41. The molecule has 2 rings (SSSR count). The van der Waals surface area contributed by atoms with Gasteiger partial charge in [0.15, 0.2) is 0 Å². The third-order valence-corrected chi connectivity index (χ3v) is 4.17. The molecule has 2 aromatic carbocycles. The molecule has 2 aromatic rings. The maximum Gasteiger partial charge on any atom is 0.126 e. The van der Waals surface area contributed by atoms with E-state index in [2.05, 4.69) is 0 Å². The van der Waals surface area contributed by atoms with Crippen LogP contribution < -0.4 is 5.73 Å². The molecule has 0 fully saturated rings.